The van der Waals surface area contributed by atoms with Crippen LogP contribution in [0.1, 0.15) is 30.9 Å². The van der Waals surface area contributed by atoms with Gasteiger partial charge in [0, 0.05) is 19.3 Å². The topological polar surface area (TPSA) is 21.3 Å². The van der Waals surface area contributed by atoms with Crippen molar-refractivity contribution in [2.24, 2.45) is 0 Å². The van der Waals surface area contributed by atoms with Gasteiger partial charge in [0.05, 0.1) is 0 Å². The molecule has 0 amide bonds. The summed E-state index contributed by atoms with van der Waals surface area (Å²) in [5.41, 5.74) is 2.71. The van der Waals surface area contributed by atoms with Crippen molar-refractivity contribution in [1.82, 2.24) is 5.32 Å². The van der Waals surface area contributed by atoms with Crippen LogP contribution >= 0.6 is 0 Å². The number of likely N-dealkylation sites (N-methyl/N-ethyl adjacent to an activating group) is 1. The van der Waals surface area contributed by atoms with Crippen LogP contribution in [0, 0.1) is 6.92 Å². The summed E-state index contributed by atoms with van der Waals surface area (Å²) >= 11 is 0. The minimum Gasteiger partial charge on any atom is -0.381 e. The highest BCUT2D eigenvalue weighted by atomic mass is 16.5. The van der Waals surface area contributed by atoms with Crippen LogP contribution in [0.15, 0.2) is 24.3 Å². The van der Waals surface area contributed by atoms with Crippen molar-refractivity contribution < 1.29 is 4.74 Å². The van der Waals surface area contributed by atoms with Crippen LogP contribution in [0.4, 0.5) is 0 Å². The third-order valence-corrected chi connectivity index (χ3v) is 2.97. The van der Waals surface area contributed by atoms with Gasteiger partial charge in [0.2, 0.25) is 0 Å². The summed E-state index contributed by atoms with van der Waals surface area (Å²) < 4.78 is 5.53. The van der Waals surface area contributed by atoms with Crippen LogP contribution in [0.25, 0.3) is 0 Å². The molecule has 0 saturated carbocycles. The summed E-state index contributed by atoms with van der Waals surface area (Å²) in [5, 5.41) is 3.36. The minimum atomic E-state index is 0.509. The zero-order chi connectivity index (χ0) is 12.5. The van der Waals surface area contributed by atoms with Crippen LogP contribution in [-0.4, -0.2) is 26.3 Å². The van der Waals surface area contributed by atoms with Crippen molar-refractivity contribution in [2.45, 2.75) is 39.2 Å². The molecule has 1 atom stereocenters. The number of nitrogens with one attached hydrogen (secondary N) is 1. The molecule has 1 rings (SSSR count). The molecule has 1 N–H and O–H groups in total. The lowest BCUT2D eigenvalue weighted by Crippen LogP contribution is -2.29. The summed E-state index contributed by atoms with van der Waals surface area (Å²) in [5.74, 6) is 0. The fourth-order valence-corrected chi connectivity index (χ4v) is 1.83. The van der Waals surface area contributed by atoms with Gasteiger partial charge in [-0.15, -0.1) is 0 Å². The fraction of sp³-hybridized carbons (Fsp3) is 0.600. The van der Waals surface area contributed by atoms with Gasteiger partial charge in [0.1, 0.15) is 0 Å². The predicted molar refractivity (Wildman–Crippen MR) is 73.5 cm³/mol. The van der Waals surface area contributed by atoms with Gasteiger partial charge in [-0.05, 0) is 38.8 Å². The van der Waals surface area contributed by atoms with E-state index in [9.17, 15) is 0 Å². The van der Waals surface area contributed by atoms with Gasteiger partial charge < -0.3 is 10.1 Å². The highest BCUT2D eigenvalue weighted by Gasteiger charge is 2.06. The third-order valence-electron chi connectivity index (χ3n) is 2.97. The molecule has 1 aromatic carbocycles. The molecule has 1 unspecified atom stereocenters. The Balaban J connectivity index is 2.33. The van der Waals surface area contributed by atoms with E-state index in [1.807, 2.05) is 7.05 Å². The van der Waals surface area contributed by atoms with E-state index < -0.39 is 0 Å². The van der Waals surface area contributed by atoms with E-state index in [0.717, 1.165) is 32.5 Å². The fourth-order valence-electron chi connectivity index (χ4n) is 1.83. The molecule has 0 heterocycles. The first-order chi connectivity index (χ1) is 8.26. The molecule has 0 bridgehead atoms. The first kappa shape index (κ1) is 14.2. The number of hydrogen-bond acceptors (Lipinski definition) is 2. The Labute approximate surface area is 105 Å². The molecule has 2 nitrogen and oxygen atoms in total. The summed E-state index contributed by atoms with van der Waals surface area (Å²) in [7, 11) is 2.03. The second kappa shape index (κ2) is 8.26. The lowest BCUT2D eigenvalue weighted by Gasteiger charge is -2.16. The smallest absolute Gasteiger partial charge is 0.0480 e. The SMILES string of the molecule is CCCOCCC(Cc1ccc(C)cc1)NC. The lowest BCUT2D eigenvalue weighted by molar-refractivity contribution is 0.125. The maximum atomic E-state index is 5.53. The standard InChI is InChI=1S/C15H25NO/c1-4-10-17-11-9-15(16-3)12-14-7-5-13(2)6-8-14/h5-8,15-16H,4,9-12H2,1-3H3. The molecule has 0 saturated heterocycles. The molecule has 17 heavy (non-hydrogen) atoms. The zero-order valence-electron chi connectivity index (χ0n) is 11.3. The molecule has 0 radical (unpaired) electrons. The molecular weight excluding hydrogens is 210 g/mol. The van der Waals surface area contributed by atoms with E-state index >= 15 is 0 Å². The zero-order valence-corrected chi connectivity index (χ0v) is 11.3. The van der Waals surface area contributed by atoms with Gasteiger partial charge in [-0.1, -0.05) is 36.8 Å². The van der Waals surface area contributed by atoms with Crippen LogP contribution in [0.3, 0.4) is 0 Å². The number of benzene rings is 1. The largest absolute Gasteiger partial charge is 0.381 e. The lowest BCUT2D eigenvalue weighted by atomic mass is 10.0. The quantitative estimate of drug-likeness (QED) is 0.700. The van der Waals surface area contributed by atoms with Crippen molar-refractivity contribution in [3.8, 4) is 0 Å². The Morgan fingerprint density at radius 3 is 2.47 bits per heavy atom. The van der Waals surface area contributed by atoms with Gasteiger partial charge in [-0.3, -0.25) is 0 Å². The molecule has 0 aliphatic rings. The molecular formula is C15H25NO. The van der Waals surface area contributed by atoms with Gasteiger partial charge in [0.25, 0.3) is 0 Å². The summed E-state index contributed by atoms with van der Waals surface area (Å²) in [6, 6.07) is 9.29. The monoisotopic (exact) mass is 235 g/mol. The molecule has 2 heteroatoms. The van der Waals surface area contributed by atoms with E-state index in [1.54, 1.807) is 0 Å². The Kier molecular flexibility index (Phi) is 6.90. The molecule has 0 spiro atoms. The second-order valence-electron chi connectivity index (χ2n) is 4.58. The summed E-state index contributed by atoms with van der Waals surface area (Å²) in [6.07, 6.45) is 3.25. The average molecular weight is 235 g/mol. The first-order valence-electron chi connectivity index (χ1n) is 6.56. The van der Waals surface area contributed by atoms with Crippen LogP contribution < -0.4 is 5.32 Å². The highest BCUT2D eigenvalue weighted by Crippen LogP contribution is 2.08. The van der Waals surface area contributed by atoms with E-state index in [0.29, 0.717) is 6.04 Å². The number of rotatable bonds is 8. The molecule has 0 aromatic heterocycles. The molecule has 0 aliphatic heterocycles. The van der Waals surface area contributed by atoms with E-state index in [2.05, 4.69) is 43.4 Å². The minimum absolute atomic E-state index is 0.509. The van der Waals surface area contributed by atoms with E-state index in [1.165, 1.54) is 11.1 Å². The van der Waals surface area contributed by atoms with Gasteiger partial charge in [-0.2, -0.15) is 0 Å². The highest BCUT2D eigenvalue weighted by molar-refractivity contribution is 5.22. The Bertz CT molecular complexity index is 294. The number of aryl methyl sites for hydroxylation is 1. The molecule has 0 fully saturated rings. The van der Waals surface area contributed by atoms with Gasteiger partial charge in [-0.25, -0.2) is 0 Å². The average Bonchev–Trinajstić information content (AvgIpc) is 2.35. The van der Waals surface area contributed by atoms with E-state index in [4.69, 9.17) is 4.74 Å². The van der Waals surface area contributed by atoms with Crippen molar-refractivity contribution in [3.05, 3.63) is 35.4 Å². The summed E-state index contributed by atoms with van der Waals surface area (Å²) in [4.78, 5) is 0. The van der Waals surface area contributed by atoms with Crippen LogP contribution in [0.2, 0.25) is 0 Å². The van der Waals surface area contributed by atoms with Crippen molar-refractivity contribution in [1.29, 1.82) is 0 Å². The predicted octanol–water partition coefficient (Wildman–Crippen LogP) is 2.94. The molecule has 1 aromatic rings. The summed E-state index contributed by atoms with van der Waals surface area (Å²) in [6.45, 7) is 5.99. The van der Waals surface area contributed by atoms with Crippen molar-refractivity contribution in [2.75, 3.05) is 20.3 Å². The maximum Gasteiger partial charge on any atom is 0.0480 e. The van der Waals surface area contributed by atoms with Crippen molar-refractivity contribution in [3.63, 3.8) is 0 Å². The first-order valence-corrected chi connectivity index (χ1v) is 6.56. The van der Waals surface area contributed by atoms with Gasteiger partial charge >= 0.3 is 0 Å². The van der Waals surface area contributed by atoms with E-state index in [-0.39, 0.29) is 0 Å². The normalized spacial score (nSPS) is 12.6. The van der Waals surface area contributed by atoms with Gasteiger partial charge in [0.15, 0.2) is 0 Å². The Morgan fingerprint density at radius 2 is 1.88 bits per heavy atom. The Morgan fingerprint density at radius 1 is 1.18 bits per heavy atom. The number of ether oxygens (including phenoxy) is 1. The second-order valence-corrected chi connectivity index (χ2v) is 4.58. The number of hydrogen-bond donors (Lipinski definition) is 1. The van der Waals surface area contributed by atoms with Crippen LogP contribution in [0.5, 0.6) is 0 Å². The molecule has 0 aliphatic carbocycles. The van der Waals surface area contributed by atoms with Crippen molar-refractivity contribution >= 4 is 0 Å². The maximum absolute atomic E-state index is 5.53. The van der Waals surface area contributed by atoms with Crippen LogP contribution in [-0.2, 0) is 11.2 Å². The molecule has 96 valence electrons. The third kappa shape index (κ3) is 5.85. The Hall–Kier alpha value is -0.860.